The van der Waals surface area contributed by atoms with Crippen LogP contribution in [0, 0.1) is 0 Å². The predicted molar refractivity (Wildman–Crippen MR) is 129 cm³/mol. The number of nitrogens with one attached hydrogen (secondary N) is 1. The molecule has 5 rings (SSSR count). The van der Waals surface area contributed by atoms with Gasteiger partial charge in [-0.2, -0.15) is 5.21 Å². The Morgan fingerprint density at radius 3 is 2.85 bits per heavy atom. The number of H-pyrrole nitrogens is 1. The standard InChI is InChI=1S/C19H21N9O2S3/c20-18-23-15-11(2-1-3-12(15)31-18)10-4-5-13(16(32-22)14(10)17-24-26-27-25-17)33(30)28-7-6-19(21,8-28)9-29/h1-5,29H,6-9,21-22H2,(H2,20,23)(H,24,25,26,27). The monoisotopic (exact) mass is 503 g/mol. The molecule has 11 nitrogen and oxygen atoms in total. The maximum atomic E-state index is 13.6. The van der Waals surface area contributed by atoms with E-state index in [0.29, 0.717) is 45.8 Å². The van der Waals surface area contributed by atoms with Crippen molar-refractivity contribution >= 4 is 49.6 Å². The van der Waals surface area contributed by atoms with Gasteiger partial charge in [-0.1, -0.05) is 29.5 Å². The molecule has 8 N–H and O–H groups in total. The van der Waals surface area contributed by atoms with Gasteiger partial charge in [0.25, 0.3) is 0 Å². The minimum absolute atomic E-state index is 0.174. The number of hydrogen-bond donors (Lipinski definition) is 5. The number of para-hydroxylation sites is 1. The van der Waals surface area contributed by atoms with Crippen LogP contribution in [0.5, 0.6) is 0 Å². The predicted octanol–water partition coefficient (Wildman–Crippen LogP) is 1.11. The number of aromatic amines is 1. The molecule has 1 aliphatic rings. The molecule has 2 unspecified atom stereocenters. The summed E-state index contributed by atoms with van der Waals surface area (Å²) in [5, 5.41) is 30.7. The number of aromatic nitrogens is 5. The van der Waals surface area contributed by atoms with Crippen molar-refractivity contribution in [3.05, 3.63) is 30.3 Å². The number of aliphatic hydroxyl groups is 1. The van der Waals surface area contributed by atoms with E-state index in [4.69, 9.17) is 16.6 Å². The number of fused-ring (bicyclic) bond motifs is 1. The summed E-state index contributed by atoms with van der Waals surface area (Å²) in [6.45, 7) is 0.629. The first kappa shape index (κ1) is 22.3. The number of aliphatic hydroxyl groups excluding tert-OH is 1. The molecule has 0 spiro atoms. The van der Waals surface area contributed by atoms with Gasteiger partial charge in [0.1, 0.15) is 11.0 Å². The fraction of sp³-hybridized carbons (Fsp3) is 0.263. The second-order valence-electron chi connectivity index (χ2n) is 7.76. The van der Waals surface area contributed by atoms with Gasteiger partial charge in [-0.3, -0.25) is 5.14 Å². The fourth-order valence-electron chi connectivity index (χ4n) is 3.98. The van der Waals surface area contributed by atoms with Crippen molar-refractivity contribution in [2.75, 3.05) is 25.4 Å². The number of nitrogens with zero attached hydrogens (tertiary/aromatic N) is 5. The van der Waals surface area contributed by atoms with E-state index >= 15 is 0 Å². The quantitative estimate of drug-likeness (QED) is 0.239. The molecule has 1 aliphatic heterocycles. The van der Waals surface area contributed by atoms with Crippen LogP contribution < -0.4 is 16.6 Å². The van der Waals surface area contributed by atoms with Gasteiger partial charge in [0, 0.05) is 24.2 Å². The lowest BCUT2D eigenvalue weighted by atomic mass is 9.98. The summed E-state index contributed by atoms with van der Waals surface area (Å²) in [6.07, 6.45) is 0.545. The van der Waals surface area contributed by atoms with Crippen molar-refractivity contribution in [1.82, 2.24) is 29.9 Å². The number of nitrogen functional groups attached to an aromatic ring is 1. The minimum atomic E-state index is -1.56. The Kier molecular flexibility index (Phi) is 5.90. The fourth-order valence-corrected chi connectivity index (χ4v) is 6.96. The Labute approximate surface area is 199 Å². The van der Waals surface area contributed by atoms with Crippen LogP contribution in [0.1, 0.15) is 6.42 Å². The third-order valence-corrected chi connectivity index (χ3v) is 8.76. The van der Waals surface area contributed by atoms with Gasteiger partial charge in [-0.05, 0) is 41.3 Å². The van der Waals surface area contributed by atoms with Gasteiger partial charge in [0.15, 0.2) is 5.13 Å². The van der Waals surface area contributed by atoms with Crippen molar-refractivity contribution in [2.24, 2.45) is 10.9 Å². The molecule has 2 atom stereocenters. The Morgan fingerprint density at radius 1 is 1.30 bits per heavy atom. The SMILES string of the molecule is NSc1c(S(=O)N2CCC(N)(CO)C2)ccc(-c2cccc3sc(N)nc23)c1-c1nn[nH]n1. The number of tetrazole rings is 1. The molecule has 0 bridgehead atoms. The van der Waals surface area contributed by atoms with Gasteiger partial charge in [-0.25, -0.2) is 13.5 Å². The van der Waals surface area contributed by atoms with E-state index in [9.17, 15) is 9.32 Å². The van der Waals surface area contributed by atoms with E-state index in [1.54, 1.807) is 10.4 Å². The second kappa shape index (κ2) is 8.72. The molecule has 3 heterocycles. The largest absolute Gasteiger partial charge is 0.394 e. The van der Waals surface area contributed by atoms with E-state index < -0.39 is 16.5 Å². The second-order valence-corrected chi connectivity index (χ2v) is 10.9. The Bertz CT molecular complexity index is 1340. The van der Waals surface area contributed by atoms with Gasteiger partial charge in [0.05, 0.1) is 32.2 Å². The topological polar surface area (TPSA) is 186 Å². The summed E-state index contributed by atoms with van der Waals surface area (Å²) < 4.78 is 16.2. The number of rotatable bonds is 6. The van der Waals surface area contributed by atoms with Crippen molar-refractivity contribution in [2.45, 2.75) is 21.8 Å². The molecule has 2 aromatic heterocycles. The molecule has 0 radical (unpaired) electrons. The van der Waals surface area contributed by atoms with Crippen LogP contribution >= 0.6 is 23.3 Å². The zero-order valence-electron chi connectivity index (χ0n) is 17.3. The van der Waals surface area contributed by atoms with E-state index in [1.807, 2.05) is 24.3 Å². The molecule has 0 aliphatic carbocycles. The normalized spacial score (nSPS) is 20.0. The molecule has 2 aromatic carbocycles. The van der Waals surface area contributed by atoms with E-state index in [-0.39, 0.29) is 6.61 Å². The third kappa shape index (κ3) is 3.93. The average Bonchev–Trinajstić information content (AvgIpc) is 3.57. The zero-order valence-corrected chi connectivity index (χ0v) is 19.7. The van der Waals surface area contributed by atoms with Gasteiger partial charge in [-0.15, -0.1) is 10.2 Å². The van der Waals surface area contributed by atoms with Crippen molar-refractivity contribution in [3.8, 4) is 22.5 Å². The molecule has 0 amide bonds. The lowest BCUT2D eigenvalue weighted by molar-refractivity contribution is 0.204. The Morgan fingerprint density at radius 2 is 2.15 bits per heavy atom. The summed E-state index contributed by atoms with van der Waals surface area (Å²) in [5.41, 5.74) is 14.3. The number of anilines is 1. The number of hydrogen-bond acceptors (Lipinski definition) is 11. The molecule has 1 saturated heterocycles. The zero-order chi connectivity index (χ0) is 23.2. The molecule has 1 fully saturated rings. The van der Waals surface area contributed by atoms with E-state index in [1.165, 1.54) is 11.3 Å². The highest BCUT2D eigenvalue weighted by Crippen LogP contribution is 2.43. The van der Waals surface area contributed by atoms with Crippen LogP contribution in [0.25, 0.3) is 32.7 Å². The van der Waals surface area contributed by atoms with Crippen molar-refractivity contribution in [1.29, 1.82) is 0 Å². The lowest BCUT2D eigenvalue weighted by Gasteiger charge is -2.22. The summed E-state index contributed by atoms with van der Waals surface area (Å²) in [5.74, 6) is 0.321. The Balaban J connectivity index is 1.69. The molecular weight excluding hydrogens is 482 g/mol. The van der Waals surface area contributed by atoms with Crippen LogP contribution in [0.4, 0.5) is 5.13 Å². The molecular formula is C19H21N9O2S3. The molecule has 0 saturated carbocycles. The first-order valence-corrected chi connectivity index (χ1v) is 12.7. The van der Waals surface area contributed by atoms with Gasteiger partial charge >= 0.3 is 0 Å². The lowest BCUT2D eigenvalue weighted by Crippen LogP contribution is -2.46. The molecule has 14 heteroatoms. The highest BCUT2D eigenvalue weighted by Gasteiger charge is 2.37. The highest BCUT2D eigenvalue weighted by molar-refractivity contribution is 7.97. The van der Waals surface area contributed by atoms with Crippen LogP contribution in [0.15, 0.2) is 40.1 Å². The average molecular weight is 504 g/mol. The Hall–Kier alpha value is -2.46. The maximum absolute atomic E-state index is 13.6. The van der Waals surface area contributed by atoms with Gasteiger partial charge < -0.3 is 16.6 Å². The van der Waals surface area contributed by atoms with Crippen LogP contribution in [0.3, 0.4) is 0 Å². The minimum Gasteiger partial charge on any atom is -0.394 e. The smallest absolute Gasteiger partial charge is 0.206 e. The van der Waals surface area contributed by atoms with Gasteiger partial charge in [0.2, 0.25) is 5.82 Å². The number of thiazole rings is 1. The molecule has 172 valence electrons. The molecule has 4 aromatic rings. The summed E-state index contributed by atoms with van der Waals surface area (Å²) in [6, 6.07) is 9.47. The van der Waals surface area contributed by atoms with E-state index in [2.05, 4.69) is 25.6 Å². The summed E-state index contributed by atoms with van der Waals surface area (Å²) >= 11 is 2.37. The number of benzene rings is 2. The van der Waals surface area contributed by atoms with Crippen molar-refractivity contribution in [3.63, 3.8) is 0 Å². The first-order chi connectivity index (χ1) is 15.9. The summed E-state index contributed by atoms with van der Waals surface area (Å²) in [4.78, 5) is 5.57. The van der Waals surface area contributed by atoms with E-state index in [0.717, 1.165) is 33.3 Å². The van der Waals surface area contributed by atoms with Crippen LogP contribution in [-0.2, 0) is 11.0 Å². The molecule has 33 heavy (non-hydrogen) atoms. The first-order valence-electron chi connectivity index (χ1n) is 9.93. The van der Waals surface area contributed by atoms with Crippen LogP contribution in [-0.4, -0.2) is 64.5 Å². The number of nitrogens with two attached hydrogens (primary N) is 3. The summed E-state index contributed by atoms with van der Waals surface area (Å²) in [7, 11) is -1.56. The van der Waals surface area contributed by atoms with Crippen LogP contribution in [0.2, 0.25) is 0 Å². The maximum Gasteiger partial charge on any atom is 0.206 e. The van der Waals surface area contributed by atoms with Crippen molar-refractivity contribution < 1.29 is 9.32 Å². The highest BCUT2D eigenvalue weighted by atomic mass is 32.2. The third-order valence-electron chi connectivity index (χ3n) is 5.62.